The Kier molecular flexibility index (Phi) is 3.37. The first-order valence-electron chi connectivity index (χ1n) is 4.20. The zero-order chi connectivity index (χ0) is 9.84. The number of nitrogens with one attached hydrogen (secondary N) is 1. The smallest absolute Gasteiger partial charge is 0.138 e. The van der Waals surface area contributed by atoms with Gasteiger partial charge in [-0.1, -0.05) is 6.07 Å². The maximum atomic E-state index is 13.3. The second kappa shape index (κ2) is 4.33. The molecule has 3 heteroatoms. The van der Waals surface area contributed by atoms with Crippen LogP contribution < -0.4 is 5.32 Å². The van der Waals surface area contributed by atoms with Gasteiger partial charge >= 0.3 is 0 Å². The van der Waals surface area contributed by atoms with Gasteiger partial charge in [-0.05, 0) is 37.2 Å². The lowest BCUT2D eigenvalue weighted by Crippen LogP contribution is -2.14. The van der Waals surface area contributed by atoms with Crippen LogP contribution in [0.4, 0.5) is 8.78 Å². The van der Waals surface area contributed by atoms with Crippen molar-refractivity contribution in [3.05, 3.63) is 35.1 Å². The average molecular weight is 185 g/mol. The van der Waals surface area contributed by atoms with E-state index in [1.165, 1.54) is 18.2 Å². The lowest BCUT2D eigenvalue weighted by Gasteiger charge is -2.10. The number of hydrogen-bond acceptors (Lipinski definition) is 1. The topological polar surface area (TPSA) is 12.0 Å². The zero-order valence-electron chi connectivity index (χ0n) is 7.77. The number of benzene rings is 1. The summed E-state index contributed by atoms with van der Waals surface area (Å²) in [5, 5.41) is 2.74. The maximum Gasteiger partial charge on any atom is 0.138 e. The molecule has 1 unspecified atom stereocenters. The van der Waals surface area contributed by atoms with Gasteiger partial charge in [0.2, 0.25) is 0 Å². The predicted molar refractivity (Wildman–Crippen MR) is 48.9 cm³/mol. The highest BCUT2D eigenvalue weighted by Gasteiger charge is 2.11. The van der Waals surface area contributed by atoms with Crippen LogP contribution in [0.15, 0.2) is 18.2 Å². The fourth-order valence-corrected chi connectivity index (χ4v) is 1.28. The summed E-state index contributed by atoms with van der Waals surface area (Å²) in [5.74, 6) is -0.321. The molecule has 0 aliphatic heterocycles. The van der Waals surface area contributed by atoms with E-state index in [1.54, 1.807) is 14.0 Å². The summed E-state index contributed by atoms with van der Waals surface area (Å²) in [4.78, 5) is 0. The van der Waals surface area contributed by atoms with E-state index in [0.29, 0.717) is 11.1 Å². The predicted octanol–water partition coefficient (Wildman–Crippen LogP) is 2.36. The quantitative estimate of drug-likeness (QED) is 0.762. The summed E-state index contributed by atoms with van der Waals surface area (Å²) < 4.78 is 26.0. The highest BCUT2D eigenvalue weighted by molar-refractivity contribution is 5.28. The number of alkyl halides is 1. The van der Waals surface area contributed by atoms with Crippen LogP contribution in [-0.4, -0.2) is 13.6 Å². The van der Waals surface area contributed by atoms with Gasteiger partial charge in [-0.2, -0.15) is 0 Å². The third-order valence-electron chi connectivity index (χ3n) is 1.95. The van der Waals surface area contributed by atoms with Gasteiger partial charge in [-0.15, -0.1) is 0 Å². The molecule has 0 saturated carbocycles. The monoisotopic (exact) mass is 185 g/mol. The lowest BCUT2D eigenvalue weighted by atomic mass is 10.0. The van der Waals surface area contributed by atoms with Crippen LogP contribution >= 0.6 is 0 Å². The van der Waals surface area contributed by atoms with Crippen LogP contribution in [0.1, 0.15) is 17.3 Å². The Morgan fingerprint density at radius 1 is 1.46 bits per heavy atom. The van der Waals surface area contributed by atoms with Gasteiger partial charge in [-0.25, -0.2) is 8.78 Å². The van der Waals surface area contributed by atoms with Crippen LogP contribution in [0.5, 0.6) is 0 Å². The number of likely N-dealkylation sites (N-methyl/N-ethyl adjacent to an activating group) is 1. The minimum atomic E-state index is -1.06. The van der Waals surface area contributed by atoms with Crippen LogP contribution in [0, 0.1) is 12.7 Å². The molecule has 1 atom stereocenters. The highest BCUT2D eigenvalue weighted by Crippen LogP contribution is 2.21. The molecular formula is C10H13F2N. The molecule has 1 aromatic carbocycles. The summed E-state index contributed by atoms with van der Waals surface area (Å²) in [6.45, 7) is 1.97. The molecule has 0 radical (unpaired) electrons. The molecule has 1 nitrogen and oxygen atoms in total. The Hall–Kier alpha value is -0.960. The molecule has 0 saturated heterocycles. The number of rotatable bonds is 3. The number of hydrogen-bond donors (Lipinski definition) is 1. The van der Waals surface area contributed by atoms with Crippen molar-refractivity contribution in [2.45, 2.75) is 13.1 Å². The zero-order valence-corrected chi connectivity index (χ0v) is 7.77. The second-order valence-corrected chi connectivity index (χ2v) is 3.03. The standard InChI is InChI=1S/C10H13F2N/c1-7-5-8(11)3-4-9(7)10(12)6-13-2/h3-5,10,13H,6H2,1-2H3. The summed E-state index contributed by atoms with van der Waals surface area (Å²) in [6.07, 6.45) is -1.06. The molecule has 1 rings (SSSR count). The van der Waals surface area contributed by atoms with Crippen molar-refractivity contribution in [3.8, 4) is 0 Å². The second-order valence-electron chi connectivity index (χ2n) is 3.03. The largest absolute Gasteiger partial charge is 0.317 e. The van der Waals surface area contributed by atoms with E-state index in [0.717, 1.165) is 0 Å². The van der Waals surface area contributed by atoms with Crippen molar-refractivity contribution in [1.29, 1.82) is 0 Å². The summed E-state index contributed by atoms with van der Waals surface area (Å²) in [5.41, 5.74) is 1.21. The van der Waals surface area contributed by atoms with Gasteiger partial charge in [0.15, 0.2) is 0 Å². The van der Waals surface area contributed by atoms with Crippen LogP contribution in [0.3, 0.4) is 0 Å². The molecule has 0 spiro atoms. The Balaban J connectivity index is 2.88. The Labute approximate surface area is 76.8 Å². The minimum Gasteiger partial charge on any atom is -0.317 e. The molecular weight excluding hydrogens is 172 g/mol. The van der Waals surface area contributed by atoms with Gasteiger partial charge in [0, 0.05) is 6.54 Å². The molecule has 1 N–H and O–H groups in total. The van der Waals surface area contributed by atoms with Crippen LogP contribution in [0.2, 0.25) is 0 Å². The van der Waals surface area contributed by atoms with Crippen molar-refractivity contribution >= 4 is 0 Å². The van der Waals surface area contributed by atoms with E-state index in [4.69, 9.17) is 0 Å². The van der Waals surface area contributed by atoms with Crippen LogP contribution in [0.25, 0.3) is 0 Å². The van der Waals surface area contributed by atoms with E-state index in [9.17, 15) is 8.78 Å². The fraction of sp³-hybridized carbons (Fsp3) is 0.400. The van der Waals surface area contributed by atoms with Gasteiger partial charge in [0.1, 0.15) is 12.0 Å². The number of halogens is 2. The van der Waals surface area contributed by atoms with Gasteiger partial charge in [0.25, 0.3) is 0 Å². The first kappa shape index (κ1) is 10.1. The minimum absolute atomic E-state index is 0.256. The first-order chi connectivity index (χ1) is 6.15. The Morgan fingerprint density at radius 2 is 2.15 bits per heavy atom. The SMILES string of the molecule is CNCC(F)c1ccc(F)cc1C. The molecule has 0 heterocycles. The lowest BCUT2D eigenvalue weighted by molar-refractivity contribution is 0.334. The van der Waals surface area contributed by atoms with Crippen molar-refractivity contribution in [2.75, 3.05) is 13.6 Å². The summed E-state index contributed by atoms with van der Waals surface area (Å²) in [7, 11) is 1.69. The molecule has 0 aliphatic rings. The Morgan fingerprint density at radius 3 is 2.69 bits per heavy atom. The highest BCUT2D eigenvalue weighted by atomic mass is 19.1. The average Bonchev–Trinajstić information content (AvgIpc) is 2.04. The first-order valence-corrected chi connectivity index (χ1v) is 4.20. The summed E-state index contributed by atoms with van der Waals surface area (Å²) >= 11 is 0. The van der Waals surface area contributed by atoms with E-state index in [1.807, 2.05) is 0 Å². The third kappa shape index (κ3) is 2.49. The molecule has 0 bridgehead atoms. The van der Waals surface area contributed by atoms with Gasteiger partial charge < -0.3 is 5.32 Å². The van der Waals surface area contributed by atoms with Crippen molar-refractivity contribution < 1.29 is 8.78 Å². The van der Waals surface area contributed by atoms with E-state index < -0.39 is 6.17 Å². The third-order valence-corrected chi connectivity index (χ3v) is 1.95. The van der Waals surface area contributed by atoms with E-state index >= 15 is 0 Å². The molecule has 13 heavy (non-hydrogen) atoms. The summed E-state index contributed by atoms with van der Waals surface area (Å²) in [6, 6.07) is 4.12. The molecule has 72 valence electrons. The van der Waals surface area contributed by atoms with Crippen LogP contribution in [-0.2, 0) is 0 Å². The van der Waals surface area contributed by atoms with E-state index in [-0.39, 0.29) is 12.4 Å². The van der Waals surface area contributed by atoms with Gasteiger partial charge in [0.05, 0.1) is 0 Å². The Bertz CT molecular complexity index is 286. The molecule has 0 fully saturated rings. The molecule has 0 aromatic heterocycles. The van der Waals surface area contributed by atoms with Crippen molar-refractivity contribution in [2.24, 2.45) is 0 Å². The maximum absolute atomic E-state index is 13.3. The van der Waals surface area contributed by atoms with Gasteiger partial charge in [-0.3, -0.25) is 0 Å². The number of aryl methyl sites for hydroxylation is 1. The molecule has 1 aromatic rings. The fourth-order valence-electron chi connectivity index (χ4n) is 1.28. The van der Waals surface area contributed by atoms with Crippen molar-refractivity contribution in [3.63, 3.8) is 0 Å². The molecule has 0 amide bonds. The van der Waals surface area contributed by atoms with E-state index in [2.05, 4.69) is 5.32 Å². The molecule has 0 aliphatic carbocycles. The normalized spacial score (nSPS) is 12.9. The van der Waals surface area contributed by atoms with Crippen molar-refractivity contribution in [1.82, 2.24) is 5.32 Å².